The minimum absolute atomic E-state index is 0.318. The summed E-state index contributed by atoms with van der Waals surface area (Å²) in [7, 11) is 1.69. The van der Waals surface area contributed by atoms with Gasteiger partial charge in [0.2, 0.25) is 0 Å². The summed E-state index contributed by atoms with van der Waals surface area (Å²) in [4.78, 5) is 0. The number of rotatable bonds is 6. The van der Waals surface area contributed by atoms with Crippen molar-refractivity contribution in [3.63, 3.8) is 0 Å². The Hall–Kier alpha value is -1.28. The molecule has 0 aliphatic rings. The van der Waals surface area contributed by atoms with Crippen LogP contribution in [0.15, 0.2) is 36.4 Å². The van der Waals surface area contributed by atoms with Gasteiger partial charge in [-0.3, -0.25) is 0 Å². The van der Waals surface area contributed by atoms with Crippen LogP contribution in [0.1, 0.15) is 31.9 Å². The van der Waals surface area contributed by atoms with E-state index in [4.69, 9.17) is 4.74 Å². The first-order chi connectivity index (χ1) is 7.67. The molecule has 2 heteroatoms. The topological polar surface area (TPSA) is 21.3 Å². The standard InChI is InChI=1S/C14H21NO/c1-5-11(2)10-15-12(3)13-7-6-8-14(9-13)16-4/h6-9,12,15H,2,5,10H2,1,3-4H3/t12-/m0/s1. The molecular weight excluding hydrogens is 198 g/mol. The van der Waals surface area contributed by atoms with Crippen molar-refractivity contribution in [3.05, 3.63) is 42.0 Å². The van der Waals surface area contributed by atoms with Crippen LogP contribution >= 0.6 is 0 Å². The van der Waals surface area contributed by atoms with Gasteiger partial charge in [-0.2, -0.15) is 0 Å². The van der Waals surface area contributed by atoms with Crippen LogP contribution in [0.4, 0.5) is 0 Å². The minimum Gasteiger partial charge on any atom is -0.497 e. The molecule has 0 fully saturated rings. The summed E-state index contributed by atoms with van der Waals surface area (Å²) in [5.41, 5.74) is 2.47. The van der Waals surface area contributed by atoms with Gasteiger partial charge in [-0.25, -0.2) is 0 Å². The van der Waals surface area contributed by atoms with Gasteiger partial charge in [0.15, 0.2) is 0 Å². The van der Waals surface area contributed by atoms with Crippen molar-refractivity contribution in [2.75, 3.05) is 13.7 Å². The average molecular weight is 219 g/mol. The molecule has 0 bridgehead atoms. The molecule has 0 radical (unpaired) electrons. The van der Waals surface area contributed by atoms with E-state index >= 15 is 0 Å². The molecule has 0 amide bonds. The van der Waals surface area contributed by atoms with Gasteiger partial charge in [-0.15, -0.1) is 0 Å². The SMILES string of the molecule is C=C(CC)CN[C@@H](C)c1cccc(OC)c1. The van der Waals surface area contributed by atoms with Crippen LogP contribution in [0.5, 0.6) is 5.75 Å². The van der Waals surface area contributed by atoms with Crippen molar-refractivity contribution in [1.82, 2.24) is 5.32 Å². The summed E-state index contributed by atoms with van der Waals surface area (Å²) in [6, 6.07) is 8.46. The molecule has 0 unspecified atom stereocenters. The average Bonchev–Trinajstić information content (AvgIpc) is 2.35. The molecule has 0 aromatic heterocycles. The Kier molecular flexibility index (Phi) is 5.06. The smallest absolute Gasteiger partial charge is 0.119 e. The zero-order chi connectivity index (χ0) is 12.0. The van der Waals surface area contributed by atoms with Crippen LogP contribution in [0, 0.1) is 0 Å². The maximum atomic E-state index is 5.21. The van der Waals surface area contributed by atoms with Gasteiger partial charge in [0, 0.05) is 12.6 Å². The van der Waals surface area contributed by atoms with Gasteiger partial charge in [-0.05, 0) is 31.0 Å². The molecular formula is C14H21NO. The zero-order valence-electron chi connectivity index (χ0n) is 10.4. The molecule has 0 heterocycles. The molecule has 0 aliphatic heterocycles. The maximum absolute atomic E-state index is 5.21. The van der Waals surface area contributed by atoms with Gasteiger partial charge in [-0.1, -0.05) is 31.2 Å². The second-order valence-electron chi connectivity index (χ2n) is 3.98. The Morgan fingerprint density at radius 3 is 2.88 bits per heavy atom. The van der Waals surface area contributed by atoms with Gasteiger partial charge < -0.3 is 10.1 Å². The van der Waals surface area contributed by atoms with Gasteiger partial charge >= 0.3 is 0 Å². The fraction of sp³-hybridized carbons (Fsp3) is 0.429. The fourth-order valence-electron chi connectivity index (χ4n) is 1.45. The third kappa shape index (κ3) is 3.70. The lowest BCUT2D eigenvalue weighted by molar-refractivity contribution is 0.413. The summed E-state index contributed by atoms with van der Waals surface area (Å²) < 4.78 is 5.21. The first-order valence-corrected chi connectivity index (χ1v) is 5.71. The molecule has 16 heavy (non-hydrogen) atoms. The number of nitrogens with one attached hydrogen (secondary N) is 1. The van der Waals surface area contributed by atoms with Crippen molar-refractivity contribution < 1.29 is 4.74 Å². The van der Waals surface area contributed by atoms with E-state index in [0.29, 0.717) is 6.04 Å². The van der Waals surface area contributed by atoms with E-state index in [0.717, 1.165) is 18.7 Å². The van der Waals surface area contributed by atoms with E-state index in [-0.39, 0.29) is 0 Å². The second-order valence-corrected chi connectivity index (χ2v) is 3.98. The molecule has 88 valence electrons. The highest BCUT2D eigenvalue weighted by atomic mass is 16.5. The second kappa shape index (κ2) is 6.33. The quantitative estimate of drug-likeness (QED) is 0.741. The maximum Gasteiger partial charge on any atom is 0.119 e. The predicted octanol–water partition coefficient (Wildman–Crippen LogP) is 3.31. The lowest BCUT2D eigenvalue weighted by Gasteiger charge is -2.15. The molecule has 1 N–H and O–H groups in total. The zero-order valence-corrected chi connectivity index (χ0v) is 10.4. The van der Waals surface area contributed by atoms with Crippen molar-refractivity contribution in [1.29, 1.82) is 0 Å². The molecule has 1 rings (SSSR count). The monoisotopic (exact) mass is 219 g/mol. The Morgan fingerprint density at radius 2 is 2.25 bits per heavy atom. The summed E-state index contributed by atoms with van der Waals surface area (Å²) in [6.07, 6.45) is 1.03. The highest BCUT2D eigenvalue weighted by molar-refractivity contribution is 5.30. The lowest BCUT2D eigenvalue weighted by atomic mass is 10.1. The predicted molar refractivity (Wildman–Crippen MR) is 68.8 cm³/mol. The normalized spacial score (nSPS) is 12.2. The van der Waals surface area contributed by atoms with Gasteiger partial charge in [0.05, 0.1) is 7.11 Å². The molecule has 0 saturated carbocycles. The Bertz CT molecular complexity index is 346. The number of hydrogen-bond donors (Lipinski definition) is 1. The van der Waals surface area contributed by atoms with E-state index in [1.807, 2.05) is 12.1 Å². The van der Waals surface area contributed by atoms with E-state index < -0.39 is 0 Å². The summed E-state index contributed by atoms with van der Waals surface area (Å²) in [5.74, 6) is 0.903. The molecule has 0 saturated heterocycles. The van der Waals surface area contributed by atoms with Crippen molar-refractivity contribution >= 4 is 0 Å². The highest BCUT2D eigenvalue weighted by Gasteiger charge is 2.05. The third-order valence-electron chi connectivity index (χ3n) is 2.75. The minimum atomic E-state index is 0.318. The Morgan fingerprint density at radius 1 is 1.50 bits per heavy atom. The molecule has 1 aromatic carbocycles. The highest BCUT2D eigenvalue weighted by Crippen LogP contribution is 2.18. The molecule has 0 aliphatic carbocycles. The van der Waals surface area contributed by atoms with E-state index in [9.17, 15) is 0 Å². The Balaban J connectivity index is 2.58. The first kappa shape index (κ1) is 12.8. The van der Waals surface area contributed by atoms with Crippen LogP contribution in [0.25, 0.3) is 0 Å². The van der Waals surface area contributed by atoms with Crippen LogP contribution < -0.4 is 10.1 Å². The van der Waals surface area contributed by atoms with Crippen molar-refractivity contribution in [2.45, 2.75) is 26.3 Å². The molecule has 0 spiro atoms. The fourth-order valence-corrected chi connectivity index (χ4v) is 1.45. The van der Waals surface area contributed by atoms with Crippen molar-refractivity contribution in [3.8, 4) is 5.75 Å². The summed E-state index contributed by atoms with van der Waals surface area (Å²) in [6.45, 7) is 9.13. The van der Waals surface area contributed by atoms with E-state index in [1.54, 1.807) is 7.11 Å². The molecule has 1 atom stereocenters. The van der Waals surface area contributed by atoms with Crippen LogP contribution in [-0.2, 0) is 0 Å². The van der Waals surface area contributed by atoms with Crippen molar-refractivity contribution in [2.24, 2.45) is 0 Å². The van der Waals surface area contributed by atoms with Crippen LogP contribution in [-0.4, -0.2) is 13.7 Å². The lowest BCUT2D eigenvalue weighted by Crippen LogP contribution is -2.20. The summed E-state index contributed by atoms with van der Waals surface area (Å²) >= 11 is 0. The van der Waals surface area contributed by atoms with Crippen LogP contribution in [0.2, 0.25) is 0 Å². The van der Waals surface area contributed by atoms with E-state index in [1.165, 1.54) is 11.1 Å². The summed E-state index contributed by atoms with van der Waals surface area (Å²) in [5, 5.41) is 3.45. The number of hydrogen-bond acceptors (Lipinski definition) is 2. The first-order valence-electron chi connectivity index (χ1n) is 5.71. The van der Waals surface area contributed by atoms with Gasteiger partial charge in [0.25, 0.3) is 0 Å². The number of benzene rings is 1. The molecule has 2 nitrogen and oxygen atoms in total. The number of ether oxygens (including phenoxy) is 1. The van der Waals surface area contributed by atoms with Gasteiger partial charge in [0.1, 0.15) is 5.75 Å². The molecule has 1 aromatic rings. The number of methoxy groups -OCH3 is 1. The van der Waals surface area contributed by atoms with Crippen LogP contribution in [0.3, 0.4) is 0 Å². The Labute approximate surface area is 98.3 Å². The largest absolute Gasteiger partial charge is 0.497 e. The third-order valence-corrected chi connectivity index (χ3v) is 2.75. The van der Waals surface area contributed by atoms with E-state index in [2.05, 4.69) is 37.9 Å².